The molecule has 2 aromatic carbocycles. The monoisotopic (exact) mass is 432 g/mol. The van der Waals surface area contributed by atoms with Gasteiger partial charge in [-0.15, -0.1) is 0 Å². The van der Waals surface area contributed by atoms with Crippen LogP contribution in [0.5, 0.6) is 5.75 Å². The third-order valence-corrected chi connectivity index (χ3v) is 5.54. The van der Waals surface area contributed by atoms with Gasteiger partial charge in [0.05, 0.1) is 28.8 Å². The van der Waals surface area contributed by atoms with Gasteiger partial charge in [0, 0.05) is 18.0 Å². The van der Waals surface area contributed by atoms with Crippen molar-refractivity contribution in [1.82, 2.24) is 4.98 Å². The average Bonchev–Trinajstić information content (AvgIpc) is 2.71. The number of pyridine rings is 1. The number of ether oxygens (including phenoxy) is 1. The maximum Gasteiger partial charge on any atom is 0.417 e. The molecule has 0 aliphatic rings. The van der Waals surface area contributed by atoms with Gasteiger partial charge in [0.2, 0.25) is 0 Å². The van der Waals surface area contributed by atoms with Crippen LogP contribution in [0.25, 0.3) is 22.4 Å². The lowest BCUT2D eigenvalue weighted by Crippen LogP contribution is -2.08. The Labute approximate surface area is 171 Å². The van der Waals surface area contributed by atoms with Gasteiger partial charge in [-0.2, -0.15) is 18.4 Å². The second kappa shape index (κ2) is 7.80. The lowest BCUT2D eigenvalue weighted by atomic mass is 9.94. The highest BCUT2D eigenvalue weighted by molar-refractivity contribution is 7.90. The number of alkyl halides is 3. The first-order chi connectivity index (χ1) is 14.0. The molecular weight excluding hydrogens is 417 g/mol. The summed E-state index contributed by atoms with van der Waals surface area (Å²) < 4.78 is 69.7. The Morgan fingerprint density at radius 1 is 1.03 bits per heavy atom. The fraction of sp³-hybridized carbons (Fsp3) is 0.143. The Morgan fingerprint density at radius 3 is 2.17 bits per heavy atom. The summed E-state index contributed by atoms with van der Waals surface area (Å²) in [5.41, 5.74) is 0.0487. The normalized spacial score (nSPS) is 11.7. The van der Waals surface area contributed by atoms with Crippen LogP contribution in [0.4, 0.5) is 13.2 Å². The van der Waals surface area contributed by atoms with Crippen molar-refractivity contribution in [2.24, 2.45) is 0 Å². The quantitative estimate of drug-likeness (QED) is 0.596. The molecule has 0 fully saturated rings. The molecule has 5 nitrogen and oxygen atoms in total. The van der Waals surface area contributed by atoms with E-state index in [1.54, 1.807) is 0 Å². The number of halogens is 3. The number of aromatic nitrogens is 1. The molecule has 0 amide bonds. The first-order valence-electron chi connectivity index (χ1n) is 8.51. The number of benzene rings is 2. The van der Waals surface area contributed by atoms with E-state index in [2.05, 4.69) is 4.98 Å². The molecule has 0 aliphatic carbocycles. The Bertz CT molecular complexity index is 1230. The van der Waals surface area contributed by atoms with E-state index in [4.69, 9.17) is 10.00 Å². The Balaban J connectivity index is 2.25. The molecule has 0 aliphatic heterocycles. The summed E-state index contributed by atoms with van der Waals surface area (Å²) in [6.07, 6.45) is -2.34. The van der Waals surface area contributed by atoms with Crippen molar-refractivity contribution < 1.29 is 26.3 Å². The molecular formula is C21H15F3N2O3S. The van der Waals surface area contributed by atoms with E-state index in [9.17, 15) is 21.6 Å². The van der Waals surface area contributed by atoms with Gasteiger partial charge in [0.25, 0.3) is 0 Å². The molecule has 9 heteroatoms. The topological polar surface area (TPSA) is 80.0 Å². The van der Waals surface area contributed by atoms with Gasteiger partial charge in [0.15, 0.2) is 9.84 Å². The minimum atomic E-state index is -4.67. The standard InChI is InChI=1S/C21H15F3N2O3S/c1-29-20-10-18(21(22,23)24)16(14-4-6-15(7-5-14)30(2,27)28)9-17(20)19-8-3-13(11-25)12-26-19/h3-10,12H,1-2H3. The second-order valence-corrected chi connectivity index (χ2v) is 8.45. The van der Waals surface area contributed by atoms with E-state index in [-0.39, 0.29) is 21.8 Å². The number of hydrogen-bond donors (Lipinski definition) is 0. The van der Waals surface area contributed by atoms with E-state index in [1.165, 1.54) is 55.8 Å². The molecule has 3 aromatic rings. The summed E-state index contributed by atoms with van der Waals surface area (Å²) in [7, 11) is -2.23. The first kappa shape index (κ1) is 21.3. The first-order valence-corrected chi connectivity index (χ1v) is 10.4. The van der Waals surface area contributed by atoms with Gasteiger partial charge in [0.1, 0.15) is 11.8 Å². The van der Waals surface area contributed by atoms with Crippen LogP contribution in [0.1, 0.15) is 11.1 Å². The average molecular weight is 432 g/mol. The van der Waals surface area contributed by atoms with Crippen molar-refractivity contribution >= 4 is 9.84 Å². The van der Waals surface area contributed by atoms with Crippen LogP contribution in [0, 0.1) is 11.3 Å². The fourth-order valence-corrected chi connectivity index (χ4v) is 3.55. The SMILES string of the molecule is COc1cc(C(F)(F)F)c(-c2ccc(S(C)(=O)=O)cc2)cc1-c1ccc(C#N)cn1. The summed E-state index contributed by atoms with van der Waals surface area (Å²) in [5.74, 6) is -0.0314. The van der Waals surface area contributed by atoms with E-state index < -0.39 is 21.6 Å². The number of nitriles is 1. The van der Waals surface area contributed by atoms with Gasteiger partial charge >= 0.3 is 6.18 Å². The summed E-state index contributed by atoms with van der Waals surface area (Å²) in [6.45, 7) is 0. The zero-order chi connectivity index (χ0) is 22.1. The number of methoxy groups -OCH3 is 1. The summed E-state index contributed by atoms with van der Waals surface area (Å²) >= 11 is 0. The summed E-state index contributed by atoms with van der Waals surface area (Å²) in [6, 6.07) is 12.3. The van der Waals surface area contributed by atoms with Crippen molar-refractivity contribution in [1.29, 1.82) is 5.26 Å². The van der Waals surface area contributed by atoms with Crippen LogP contribution < -0.4 is 4.74 Å². The van der Waals surface area contributed by atoms with Crippen LogP contribution in [0.2, 0.25) is 0 Å². The van der Waals surface area contributed by atoms with Crippen molar-refractivity contribution in [3.63, 3.8) is 0 Å². The maximum absolute atomic E-state index is 13.7. The van der Waals surface area contributed by atoms with Crippen LogP contribution in [0.15, 0.2) is 59.6 Å². The van der Waals surface area contributed by atoms with Crippen LogP contribution in [-0.2, 0) is 16.0 Å². The Hall–Kier alpha value is -3.38. The molecule has 1 heterocycles. The van der Waals surface area contributed by atoms with Gasteiger partial charge in [-0.3, -0.25) is 4.98 Å². The molecule has 0 radical (unpaired) electrons. The Morgan fingerprint density at radius 2 is 1.70 bits per heavy atom. The highest BCUT2D eigenvalue weighted by atomic mass is 32.2. The zero-order valence-electron chi connectivity index (χ0n) is 15.9. The fourth-order valence-electron chi connectivity index (χ4n) is 2.92. The molecule has 0 saturated heterocycles. The second-order valence-electron chi connectivity index (χ2n) is 6.44. The molecule has 0 saturated carbocycles. The van der Waals surface area contributed by atoms with Crippen LogP contribution >= 0.6 is 0 Å². The van der Waals surface area contributed by atoms with E-state index in [1.807, 2.05) is 6.07 Å². The van der Waals surface area contributed by atoms with Crippen molar-refractivity contribution in [2.45, 2.75) is 11.1 Å². The molecule has 1 aromatic heterocycles. The van der Waals surface area contributed by atoms with Gasteiger partial charge in [-0.25, -0.2) is 8.42 Å². The molecule has 0 bridgehead atoms. The van der Waals surface area contributed by atoms with Gasteiger partial charge in [-0.1, -0.05) is 12.1 Å². The largest absolute Gasteiger partial charge is 0.496 e. The molecule has 30 heavy (non-hydrogen) atoms. The molecule has 0 spiro atoms. The smallest absolute Gasteiger partial charge is 0.417 e. The third kappa shape index (κ3) is 4.28. The lowest BCUT2D eigenvalue weighted by Gasteiger charge is -2.18. The minimum absolute atomic E-state index is 0.00213. The number of hydrogen-bond acceptors (Lipinski definition) is 5. The van der Waals surface area contributed by atoms with Crippen molar-refractivity contribution in [2.75, 3.05) is 13.4 Å². The van der Waals surface area contributed by atoms with Crippen molar-refractivity contribution in [3.05, 3.63) is 65.9 Å². The number of sulfone groups is 1. The highest BCUT2D eigenvalue weighted by Crippen LogP contribution is 2.43. The van der Waals surface area contributed by atoms with Gasteiger partial charge in [-0.05, 0) is 47.5 Å². The van der Waals surface area contributed by atoms with Crippen molar-refractivity contribution in [3.8, 4) is 34.2 Å². The predicted molar refractivity (Wildman–Crippen MR) is 104 cm³/mol. The molecule has 0 unspecified atom stereocenters. The van der Waals surface area contributed by atoms with Gasteiger partial charge < -0.3 is 4.74 Å². The maximum atomic E-state index is 13.7. The molecule has 3 rings (SSSR count). The van der Waals surface area contributed by atoms with Crippen LogP contribution in [0.3, 0.4) is 0 Å². The number of rotatable bonds is 4. The van der Waals surface area contributed by atoms with E-state index in [0.29, 0.717) is 16.8 Å². The lowest BCUT2D eigenvalue weighted by molar-refractivity contribution is -0.137. The molecule has 154 valence electrons. The van der Waals surface area contributed by atoms with Crippen LogP contribution in [-0.4, -0.2) is 26.8 Å². The van der Waals surface area contributed by atoms with E-state index in [0.717, 1.165) is 12.3 Å². The Kier molecular flexibility index (Phi) is 5.55. The minimum Gasteiger partial charge on any atom is -0.496 e. The van der Waals surface area contributed by atoms with E-state index >= 15 is 0 Å². The predicted octanol–water partition coefficient (Wildman–Crippen LogP) is 4.72. The highest BCUT2D eigenvalue weighted by Gasteiger charge is 2.35. The molecule has 0 N–H and O–H groups in total. The number of nitrogens with zero attached hydrogens (tertiary/aromatic N) is 2. The summed E-state index contributed by atoms with van der Waals surface area (Å²) in [4.78, 5) is 4.14. The molecule has 0 atom stereocenters. The zero-order valence-corrected chi connectivity index (χ0v) is 16.7. The third-order valence-electron chi connectivity index (χ3n) is 4.41. The summed E-state index contributed by atoms with van der Waals surface area (Å²) in [5, 5.41) is 8.92.